The van der Waals surface area contributed by atoms with Crippen LogP contribution in [0.2, 0.25) is 0 Å². The number of hydrogen-bond donors (Lipinski definition) is 1. The molecule has 11 heteroatoms. The number of aromatic nitrogens is 2. The molecule has 4 rings (SSSR count). The number of rotatable bonds is 6. The molecule has 3 aromatic rings. The van der Waals surface area contributed by atoms with Crippen molar-refractivity contribution in [2.45, 2.75) is 17.2 Å². The van der Waals surface area contributed by atoms with Crippen LogP contribution in [0, 0.1) is 0 Å². The average molecular weight is 456 g/mol. The molecular formula is C21H20N4O6S. The van der Waals surface area contributed by atoms with E-state index in [2.05, 4.69) is 15.5 Å². The standard InChI is InChI=1S/C21H20N4O6S/c1-30-17-6-4-3-5-16(17)19(27)22-21-24-23-20(31-21)13-11-18(26)25(12-13)14-7-9-15(10-8-14)32(2,28)29/h3-10,13H,11-12H2,1-2H3,(H,22,24,27). The van der Waals surface area contributed by atoms with E-state index in [4.69, 9.17) is 9.15 Å². The van der Waals surface area contributed by atoms with Crippen LogP contribution in [-0.2, 0) is 14.6 Å². The van der Waals surface area contributed by atoms with Crippen LogP contribution in [0.1, 0.15) is 28.6 Å². The molecule has 1 N–H and O–H groups in total. The van der Waals surface area contributed by atoms with Gasteiger partial charge in [0, 0.05) is 24.9 Å². The Morgan fingerprint density at radius 1 is 1.16 bits per heavy atom. The molecule has 166 valence electrons. The topological polar surface area (TPSA) is 132 Å². The molecule has 2 heterocycles. The Morgan fingerprint density at radius 2 is 1.88 bits per heavy atom. The second-order valence-corrected chi connectivity index (χ2v) is 9.29. The zero-order valence-corrected chi connectivity index (χ0v) is 18.1. The molecular weight excluding hydrogens is 436 g/mol. The molecule has 0 bridgehead atoms. The monoisotopic (exact) mass is 456 g/mol. The van der Waals surface area contributed by atoms with Gasteiger partial charge in [-0.2, -0.15) is 0 Å². The third kappa shape index (κ3) is 4.33. The van der Waals surface area contributed by atoms with Gasteiger partial charge >= 0.3 is 6.01 Å². The minimum Gasteiger partial charge on any atom is -0.496 e. The number of methoxy groups -OCH3 is 1. The van der Waals surface area contributed by atoms with Crippen molar-refractivity contribution in [3.8, 4) is 5.75 Å². The summed E-state index contributed by atoms with van der Waals surface area (Å²) < 4.78 is 34.0. The minimum absolute atomic E-state index is 0.0840. The smallest absolute Gasteiger partial charge is 0.322 e. The van der Waals surface area contributed by atoms with Gasteiger partial charge in [0.1, 0.15) is 5.75 Å². The summed E-state index contributed by atoms with van der Waals surface area (Å²) in [6.07, 6.45) is 1.27. The van der Waals surface area contributed by atoms with Gasteiger partial charge in [0.05, 0.1) is 23.5 Å². The van der Waals surface area contributed by atoms with E-state index in [0.717, 1.165) is 6.26 Å². The Bertz CT molecular complexity index is 1270. The molecule has 1 aromatic heterocycles. The van der Waals surface area contributed by atoms with Crippen molar-refractivity contribution in [3.05, 3.63) is 60.0 Å². The van der Waals surface area contributed by atoms with Crippen molar-refractivity contribution in [2.24, 2.45) is 0 Å². The van der Waals surface area contributed by atoms with Gasteiger partial charge in [-0.25, -0.2) is 8.42 Å². The SMILES string of the molecule is COc1ccccc1C(=O)Nc1nnc(C2CC(=O)N(c3ccc(S(C)(=O)=O)cc3)C2)o1. The van der Waals surface area contributed by atoms with Crippen LogP contribution < -0.4 is 15.0 Å². The molecule has 1 fully saturated rings. The fraction of sp³-hybridized carbons (Fsp3) is 0.238. The van der Waals surface area contributed by atoms with Gasteiger partial charge in [0.2, 0.25) is 11.8 Å². The molecule has 0 radical (unpaired) electrons. The molecule has 32 heavy (non-hydrogen) atoms. The van der Waals surface area contributed by atoms with Crippen molar-refractivity contribution in [2.75, 3.05) is 30.1 Å². The van der Waals surface area contributed by atoms with Gasteiger partial charge in [0.25, 0.3) is 5.91 Å². The highest BCUT2D eigenvalue weighted by molar-refractivity contribution is 7.90. The van der Waals surface area contributed by atoms with Crippen molar-refractivity contribution >= 4 is 33.4 Å². The number of nitrogens with zero attached hydrogens (tertiary/aromatic N) is 3. The van der Waals surface area contributed by atoms with E-state index >= 15 is 0 Å². The Morgan fingerprint density at radius 3 is 2.56 bits per heavy atom. The van der Waals surface area contributed by atoms with Gasteiger partial charge in [-0.15, -0.1) is 5.10 Å². The highest BCUT2D eigenvalue weighted by Gasteiger charge is 2.35. The summed E-state index contributed by atoms with van der Waals surface area (Å²) >= 11 is 0. The molecule has 2 aromatic carbocycles. The average Bonchev–Trinajstić information content (AvgIpc) is 3.39. The van der Waals surface area contributed by atoms with E-state index in [1.54, 1.807) is 36.4 Å². The van der Waals surface area contributed by atoms with Crippen LogP contribution in [0.5, 0.6) is 5.75 Å². The fourth-order valence-electron chi connectivity index (χ4n) is 3.44. The number of para-hydroxylation sites is 1. The number of anilines is 2. The lowest BCUT2D eigenvalue weighted by atomic mass is 10.1. The number of amides is 2. The number of nitrogens with one attached hydrogen (secondary N) is 1. The normalized spacial score (nSPS) is 16.2. The molecule has 2 amide bonds. The van der Waals surface area contributed by atoms with E-state index in [9.17, 15) is 18.0 Å². The van der Waals surface area contributed by atoms with E-state index in [1.807, 2.05) is 0 Å². The van der Waals surface area contributed by atoms with Crippen LogP contribution in [0.15, 0.2) is 57.8 Å². The van der Waals surface area contributed by atoms with Crippen molar-refractivity contribution < 1.29 is 27.2 Å². The van der Waals surface area contributed by atoms with Crippen molar-refractivity contribution in [1.82, 2.24) is 10.2 Å². The van der Waals surface area contributed by atoms with E-state index in [0.29, 0.717) is 23.5 Å². The number of ether oxygens (including phenoxy) is 1. The lowest BCUT2D eigenvalue weighted by molar-refractivity contribution is -0.117. The zero-order valence-electron chi connectivity index (χ0n) is 17.3. The number of carbonyl (C=O) groups is 2. The lowest BCUT2D eigenvalue weighted by Crippen LogP contribution is -2.24. The number of benzene rings is 2. The molecule has 0 aliphatic carbocycles. The molecule has 0 spiro atoms. The Kier molecular flexibility index (Phi) is 5.66. The highest BCUT2D eigenvalue weighted by atomic mass is 32.2. The first-order chi connectivity index (χ1) is 15.3. The van der Waals surface area contributed by atoms with Crippen molar-refractivity contribution in [3.63, 3.8) is 0 Å². The summed E-state index contributed by atoms with van der Waals surface area (Å²) in [5, 5.41) is 10.4. The zero-order chi connectivity index (χ0) is 22.9. The third-order valence-electron chi connectivity index (χ3n) is 5.06. The predicted molar refractivity (Wildman–Crippen MR) is 115 cm³/mol. The van der Waals surface area contributed by atoms with Crippen LogP contribution in [0.25, 0.3) is 0 Å². The minimum atomic E-state index is -3.32. The first-order valence-corrected chi connectivity index (χ1v) is 11.5. The van der Waals surface area contributed by atoms with Crippen LogP contribution in [-0.4, -0.2) is 50.3 Å². The number of carbonyl (C=O) groups excluding carboxylic acids is 2. The van der Waals surface area contributed by atoms with Crippen LogP contribution >= 0.6 is 0 Å². The summed E-state index contributed by atoms with van der Waals surface area (Å²) in [6, 6.07) is 12.7. The maximum absolute atomic E-state index is 12.5. The maximum atomic E-state index is 12.5. The number of sulfone groups is 1. The summed E-state index contributed by atoms with van der Waals surface area (Å²) in [5.74, 6) is -0.346. The summed E-state index contributed by atoms with van der Waals surface area (Å²) in [5.41, 5.74) is 0.892. The Balaban J connectivity index is 1.46. The summed E-state index contributed by atoms with van der Waals surface area (Å²) in [4.78, 5) is 26.7. The Labute approximate surface area is 184 Å². The third-order valence-corrected chi connectivity index (χ3v) is 6.19. The number of hydrogen-bond acceptors (Lipinski definition) is 8. The largest absolute Gasteiger partial charge is 0.496 e. The van der Waals surface area contributed by atoms with E-state index in [-0.39, 0.29) is 35.0 Å². The second-order valence-electron chi connectivity index (χ2n) is 7.27. The second kappa shape index (κ2) is 8.42. The Hall–Kier alpha value is -3.73. The molecule has 1 aliphatic heterocycles. The van der Waals surface area contributed by atoms with Gasteiger partial charge < -0.3 is 14.1 Å². The quantitative estimate of drug-likeness (QED) is 0.597. The molecule has 0 saturated carbocycles. The van der Waals surface area contributed by atoms with Crippen molar-refractivity contribution in [1.29, 1.82) is 0 Å². The highest BCUT2D eigenvalue weighted by Crippen LogP contribution is 2.32. The van der Waals surface area contributed by atoms with Gasteiger partial charge in [-0.05, 0) is 36.4 Å². The summed E-state index contributed by atoms with van der Waals surface area (Å²) in [6.45, 7) is 0.291. The molecule has 10 nitrogen and oxygen atoms in total. The molecule has 1 aliphatic rings. The van der Waals surface area contributed by atoms with Gasteiger partial charge in [-0.1, -0.05) is 17.2 Å². The predicted octanol–water partition coefficient (Wildman–Crippen LogP) is 2.25. The van der Waals surface area contributed by atoms with Crippen LogP contribution in [0.4, 0.5) is 11.7 Å². The molecule has 1 atom stereocenters. The summed E-state index contributed by atoms with van der Waals surface area (Å²) in [7, 11) is -1.85. The van der Waals surface area contributed by atoms with E-state index in [1.165, 1.54) is 24.1 Å². The van der Waals surface area contributed by atoms with Gasteiger partial charge in [0.15, 0.2) is 9.84 Å². The van der Waals surface area contributed by atoms with E-state index < -0.39 is 15.7 Å². The fourth-order valence-corrected chi connectivity index (χ4v) is 4.07. The lowest BCUT2D eigenvalue weighted by Gasteiger charge is -2.16. The first-order valence-electron chi connectivity index (χ1n) is 9.64. The maximum Gasteiger partial charge on any atom is 0.322 e. The first kappa shape index (κ1) is 21.5. The molecule has 1 saturated heterocycles. The van der Waals surface area contributed by atoms with Crippen LogP contribution in [0.3, 0.4) is 0 Å². The molecule has 1 unspecified atom stereocenters. The van der Waals surface area contributed by atoms with Gasteiger partial charge in [-0.3, -0.25) is 14.9 Å².